The predicted molar refractivity (Wildman–Crippen MR) is 141 cm³/mol. The highest BCUT2D eigenvalue weighted by atomic mass is 32.3. The van der Waals surface area contributed by atoms with Gasteiger partial charge in [0.2, 0.25) is 0 Å². The number of hydrogen-bond donors (Lipinski definition) is 5. The highest BCUT2D eigenvalue weighted by Gasteiger charge is 2.37. The molecule has 0 fully saturated rings. The number of pyridine rings is 1. The Bertz CT molecular complexity index is 1390. The van der Waals surface area contributed by atoms with Crippen LogP contribution >= 0.6 is 0 Å². The minimum absolute atomic E-state index is 0.00458. The van der Waals surface area contributed by atoms with Crippen molar-refractivity contribution in [3.05, 3.63) is 64.6 Å². The van der Waals surface area contributed by atoms with E-state index in [2.05, 4.69) is 29.0 Å². The van der Waals surface area contributed by atoms with Crippen LogP contribution in [-0.4, -0.2) is 30.1 Å². The number of aromatic nitrogens is 3. The number of rotatable bonds is 5. The number of fused-ring (bicyclic) bond motifs is 2. The maximum absolute atomic E-state index is 13.5. The van der Waals surface area contributed by atoms with Crippen LogP contribution in [0.3, 0.4) is 0 Å². The van der Waals surface area contributed by atoms with Crippen LogP contribution < -0.4 is 15.2 Å². The van der Waals surface area contributed by atoms with Crippen molar-refractivity contribution in [1.82, 2.24) is 19.5 Å². The van der Waals surface area contributed by atoms with E-state index in [1.54, 1.807) is 13.8 Å². The molecule has 10 heteroatoms. The lowest BCUT2D eigenvalue weighted by atomic mass is 9.90. The number of aliphatic hydroxyl groups is 1. The summed E-state index contributed by atoms with van der Waals surface area (Å²) in [5.41, 5.74) is 4.71. The average Bonchev–Trinajstić information content (AvgIpc) is 3.51. The monoisotopic (exact) mass is 510 g/mol. The summed E-state index contributed by atoms with van der Waals surface area (Å²) in [6.45, 7) is 7.57. The summed E-state index contributed by atoms with van der Waals surface area (Å²) in [6.07, 6.45) is 4.52. The van der Waals surface area contributed by atoms with Gasteiger partial charge in [-0.3, -0.25) is 14.8 Å². The second kappa shape index (κ2) is 8.50. The van der Waals surface area contributed by atoms with E-state index >= 15 is 0 Å². The van der Waals surface area contributed by atoms with Crippen molar-refractivity contribution in [1.29, 1.82) is 0 Å². The van der Waals surface area contributed by atoms with E-state index in [4.69, 9.17) is 10.1 Å². The fourth-order valence-corrected chi connectivity index (χ4v) is 6.22. The highest BCUT2D eigenvalue weighted by molar-refractivity contribution is 7.99. The van der Waals surface area contributed by atoms with Crippen molar-refractivity contribution < 1.29 is 14.1 Å². The zero-order valence-corrected chi connectivity index (χ0v) is 22.0. The second-order valence-corrected chi connectivity index (χ2v) is 12.9. The van der Waals surface area contributed by atoms with Crippen LogP contribution in [0.5, 0.6) is 0 Å². The standard InChI is InChI=1S/C26H34N6O3S/c1-25(2)14-13-18-22(17-11-8-12-19(17)28-23(18)25)29-24(33)31-36(27,35)21-15-20(26(3,4)34)32(30-21)16-9-6-5-7-10-16/h5-7,9-10,15,34,36H,8,11-14H2,1-4H3,(H4,27,28,29,31,33,35). The molecule has 5 N–H and O–H groups in total. The summed E-state index contributed by atoms with van der Waals surface area (Å²) in [7, 11) is -3.92. The summed E-state index contributed by atoms with van der Waals surface area (Å²) in [5.74, 6) is 0. The number of anilines is 1. The van der Waals surface area contributed by atoms with Crippen molar-refractivity contribution >= 4 is 22.0 Å². The first-order valence-corrected chi connectivity index (χ1v) is 14.1. The molecule has 0 bridgehead atoms. The minimum atomic E-state index is -3.92. The van der Waals surface area contributed by atoms with Crippen molar-refractivity contribution in [2.45, 2.75) is 75.8 Å². The van der Waals surface area contributed by atoms with Crippen LogP contribution in [0.2, 0.25) is 0 Å². The van der Waals surface area contributed by atoms with Gasteiger partial charge in [-0.05, 0) is 69.2 Å². The highest BCUT2D eigenvalue weighted by Crippen LogP contribution is 2.44. The van der Waals surface area contributed by atoms with E-state index in [9.17, 15) is 14.1 Å². The maximum atomic E-state index is 13.5. The van der Waals surface area contributed by atoms with E-state index in [1.165, 1.54) is 10.7 Å². The lowest BCUT2D eigenvalue weighted by Crippen LogP contribution is -2.45. The predicted octanol–water partition coefficient (Wildman–Crippen LogP) is 3.19. The van der Waals surface area contributed by atoms with Gasteiger partial charge in [0.1, 0.15) is 5.60 Å². The molecule has 192 valence electrons. The Morgan fingerprint density at radius 2 is 1.89 bits per heavy atom. The molecule has 0 radical (unpaired) electrons. The lowest BCUT2D eigenvalue weighted by Gasteiger charge is -2.22. The zero-order valence-electron chi connectivity index (χ0n) is 21.1. The number of nitrogens with one attached hydrogen (secondary N) is 2. The second-order valence-electron chi connectivity index (χ2n) is 10.9. The molecule has 0 saturated carbocycles. The molecule has 2 aliphatic carbocycles. The van der Waals surface area contributed by atoms with E-state index in [1.807, 2.05) is 30.3 Å². The van der Waals surface area contributed by atoms with E-state index in [-0.39, 0.29) is 10.4 Å². The number of hydrogen-bond acceptors (Lipinski definition) is 5. The normalized spacial score (nSPS) is 16.9. The topological polar surface area (TPSA) is 135 Å². The summed E-state index contributed by atoms with van der Waals surface area (Å²) >= 11 is 0. The Labute approximate surface area is 212 Å². The van der Waals surface area contributed by atoms with Gasteiger partial charge in [0.05, 0.1) is 22.8 Å². The number of nitrogens with zero attached hydrogens (tertiary/aromatic N) is 3. The van der Waals surface area contributed by atoms with Crippen LogP contribution in [0.4, 0.5) is 10.5 Å². The van der Waals surface area contributed by atoms with Gasteiger partial charge in [-0.2, -0.15) is 5.10 Å². The van der Waals surface area contributed by atoms with Crippen molar-refractivity contribution in [2.24, 2.45) is 5.14 Å². The van der Waals surface area contributed by atoms with Crippen LogP contribution in [0, 0.1) is 0 Å². The quantitative estimate of drug-likeness (QED) is 0.336. The van der Waals surface area contributed by atoms with E-state index < -0.39 is 21.9 Å². The molecule has 0 atom stereocenters. The van der Waals surface area contributed by atoms with Gasteiger partial charge >= 0.3 is 6.03 Å². The van der Waals surface area contributed by atoms with Crippen LogP contribution in [0.25, 0.3) is 5.69 Å². The Kier molecular flexibility index (Phi) is 5.81. The van der Waals surface area contributed by atoms with Gasteiger partial charge < -0.3 is 10.4 Å². The molecule has 9 nitrogen and oxygen atoms in total. The fraction of sp³-hybridized carbons (Fsp3) is 0.423. The molecule has 2 amide bonds. The summed E-state index contributed by atoms with van der Waals surface area (Å²) in [6, 6.07) is 10.0. The van der Waals surface area contributed by atoms with Gasteiger partial charge in [-0.15, -0.1) is 0 Å². The third-order valence-corrected chi connectivity index (χ3v) is 8.57. The molecular weight excluding hydrogens is 476 g/mol. The first-order chi connectivity index (χ1) is 16.9. The smallest absolute Gasteiger partial charge is 0.330 e. The zero-order chi connectivity index (χ0) is 25.9. The molecule has 5 rings (SSSR count). The number of aryl methyl sites for hydroxylation is 1. The Balaban J connectivity index is 1.45. The molecule has 2 aromatic heterocycles. The van der Waals surface area contributed by atoms with Gasteiger partial charge in [-0.1, -0.05) is 32.0 Å². The number of urea groups is 1. The number of carbonyl (C=O) groups is 1. The maximum Gasteiger partial charge on any atom is 0.330 e. The molecule has 1 aromatic carbocycles. The molecule has 2 aliphatic rings. The van der Waals surface area contributed by atoms with Gasteiger partial charge in [0, 0.05) is 27.5 Å². The fourth-order valence-electron chi connectivity index (χ4n) is 5.22. The number of para-hydroxylation sites is 1. The molecule has 0 saturated heterocycles. The average molecular weight is 511 g/mol. The third kappa shape index (κ3) is 4.33. The number of carbonyl (C=O) groups excluding carboxylic acids is 1. The first kappa shape index (κ1) is 24.6. The summed E-state index contributed by atoms with van der Waals surface area (Å²) < 4.78 is 17.5. The Hall–Kier alpha value is -3.08. The Morgan fingerprint density at radius 1 is 1.17 bits per heavy atom. The largest absolute Gasteiger partial charge is 0.384 e. The molecule has 0 aliphatic heterocycles. The SMILES string of the molecule is CC(C)(O)c1cc([SH](N)(=O)NC(=O)Nc2c3c(nc4c2CCC4(C)C)CCC3)nn1-c1ccccc1. The van der Waals surface area contributed by atoms with Gasteiger partial charge in [0.25, 0.3) is 0 Å². The molecule has 0 spiro atoms. The van der Waals surface area contributed by atoms with Crippen LogP contribution in [0.15, 0.2) is 41.4 Å². The van der Waals surface area contributed by atoms with Gasteiger partial charge in [-0.25, -0.2) is 13.7 Å². The van der Waals surface area contributed by atoms with Crippen LogP contribution in [0.1, 0.15) is 68.7 Å². The number of amides is 2. The molecule has 2 heterocycles. The molecular formula is C26H34N6O3S. The van der Waals surface area contributed by atoms with Crippen molar-refractivity contribution in [2.75, 3.05) is 5.32 Å². The first-order valence-electron chi connectivity index (χ1n) is 12.3. The minimum Gasteiger partial charge on any atom is -0.384 e. The van der Waals surface area contributed by atoms with Gasteiger partial charge in [0.15, 0.2) is 5.03 Å². The third-order valence-electron chi connectivity index (χ3n) is 7.14. The lowest BCUT2D eigenvalue weighted by molar-refractivity contribution is 0.0711. The molecule has 0 unspecified atom stereocenters. The van der Waals surface area contributed by atoms with E-state index in [0.29, 0.717) is 11.4 Å². The van der Waals surface area contributed by atoms with Crippen LogP contribution in [-0.2, 0) is 40.6 Å². The van der Waals surface area contributed by atoms with Crippen molar-refractivity contribution in [3.63, 3.8) is 0 Å². The Morgan fingerprint density at radius 3 is 2.58 bits per heavy atom. The summed E-state index contributed by atoms with van der Waals surface area (Å²) in [4.78, 5) is 18.1. The van der Waals surface area contributed by atoms with Crippen molar-refractivity contribution in [3.8, 4) is 5.69 Å². The molecule has 3 aromatic rings. The number of thiol groups is 1. The van der Waals surface area contributed by atoms with E-state index in [0.717, 1.165) is 60.3 Å². The summed E-state index contributed by atoms with van der Waals surface area (Å²) in [5, 5.41) is 24.3. The number of benzene rings is 1. The molecule has 36 heavy (non-hydrogen) atoms. The number of nitrogens with two attached hydrogens (primary N) is 1.